The second kappa shape index (κ2) is 11.7. The van der Waals surface area contributed by atoms with Crippen LogP contribution in [0.1, 0.15) is 34.8 Å². The van der Waals surface area contributed by atoms with Crippen molar-refractivity contribution >= 4 is 38.7 Å². The summed E-state index contributed by atoms with van der Waals surface area (Å²) >= 11 is 0. The largest absolute Gasteiger partial charge is 0.383 e. The Morgan fingerprint density at radius 2 is 1.88 bits per heavy atom. The van der Waals surface area contributed by atoms with E-state index in [4.69, 9.17) is 10.8 Å². The number of likely N-dealkylation sites (tertiary alicyclic amines) is 1. The molecule has 5 rings (SSSR count). The fourth-order valence-electron chi connectivity index (χ4n) is 5.09. The van der Waals surface area contributed by atoms with E-state index >= 15 is 0 Å². The van der Waals surface area contributed by atoms with Crippen molar-refractivity contribution in [3.8, 4) is 11.3 Å². The number of carbonyl (C=O) groups excluding carboxylic acids is 2. The minimum atomic E-state index is -3.97. The molecule has 0 spiro atoms. The molecule has 3 heterocycles. The predicted molar refractivity (Wildman–Crippen MR) is 159 cm³/mol. The Labute approximate surface area is 243 Å². The molecule has 4 aromatic rings. The van der Waals surface area contributed by atoms with Crippen molar-refractivity contribution in [3.05, 3.63) is 78.6 Å². The zero-order valence-corrected chi connectivity index (χ0v) is 24.2. The third-order valence-corrected chi connectivity index (χ3v) is 8.71. The van der Waals surface area contributed by atoms with Gasteiger partial charge in [-0.25, -0.2) is 27.8 Å². The van der Waals surface area contributed by atoms with E-state index in [2.05, 4.69) is 21.3 Å². The Hall–Kier alpha value is -4.62. The lowest BCUT2D eigenvalue weighted by atomic mass is 10.1. The first-order valence-electron chi connectivity index (χ1n) is 13.4. The third kappa shape index (κ3) is 5.60. The molecule has 1 saturated heterocycles. The van der Waals surface area contributed by atoms with Gasteiger partial charge in [0.2, 0.25) is 15.9 Å². The number of piperidine rings is 1. The number of nitrogens with one attached hydrogen (secondary N) is 1. The van der Waals surface area contributed by atoms with E-state index < -0.39 is 15.9 Å². The maximum absolute atomic E-state index is 13.1. The number of nitrogens with two attached hydrogens (primary N) is 1. The molecule has 1 atom stereocenters. The van der Waals surface area contributed by atoms with E-state index in [9.17, 15) is 18.0 Å². The van der Waals surface area contributed by atoms with Crippen LogP contribution in [0.15, 0.2) is 72.4 Å². The van der Waals surface area contributed by atoms with Crippen LogP contribution in [0.5, 0.6) is 0 Å². The van der Waals surface area contributed by atoms with Crippen LogP contribution in [0.25, 0.3) is 22.3 Å². The number of carbonyl (C=O) groups is 2. The first-order valence-corrected chi connectivity index (χ1v) is 14.9. The van der Waals surface area contributed by atoms with Crippen molar-refractivity contribution in [1.29, 1.82) is 0 Å². The fourth-order valence-corrected chi connectivity index (χ4v) is 6.31. The smallest absolute Gasteiger partial charge is 0.254 e. The van der Waals surface area contributed by atoms with Gasteiger partial charge >= 0.3 is 0 Å². The number of sulfonamides is 1. The van der Waals surface area contributed by atoms with Gasteiger partial charge in [-0.2, -0.15) is 5.10 Å². The summed E-state index contributed by atoms with van der Waals surface area (Å²) in [5.74, 6) is -0.230. The Kier molecular flexibility index (Phi) is 8.05. The first kappa shape index (κ1) is 28.9. The number of nitrogens with zero attached hydrogens (tertiary/aromatic N) is 6. The lowest BCUT2D eigenvalue weighted by molar-refractivity contribution is -0.127. The predicted octanol–water partition coefficient (Wildman–Crippen LogP) is 2.61. The maximum atomic E-state index is 13.1. The number of aromatic nitrogens is 4. The first-order chi connectivity index (χ1) is 20.1. The van der Waals surface area contributed by atoms with Crippen LogP contribution >= 0.6 is 0 Å². The highest BCUT2D eigenvalue weighted by Gasteiger charge is 2.28. The van der Waals surface area contributed by atoms with Gasteiger partial charge in [0, 0.05) is 39.3 Å². The number of nitrogen functional groups attached to an aromatic ring is 1. The summed E-state index contributed by atoms with van der Waals surface area (Å²) in [5, 5.41) is 5.49. The van der Waals surface area contributed by atoms with E-state index in [1.54, 1.807) is 43.3 Å². The summed E-state index contributed by atoms with van der Waals surface area (Å²) in [4.78, 5) is 36.4. The standard InChI is InChI=1S/C29H32N8O4S/c1-4-24(38)36-15-7-8-21(17-36)37-28-25(27(30)31-18-32-28)26(34-37)20-13-11-19(12-14-20)16-33-42(40,41)23-10-6-5-9-22(23)29(39)35(2)3/h4-6,9-14,18,21,33H,1,7-8,15-17H2,2-3H3,(H2,30,31,32). The minimum Gasteiger partial charge on any atom is -0.383 e. The summed E-state index contributed by atoms with van der Waals surface area (Å²) in [6, 6.07) is 13.3. The molecule has 2 aromatic carbocycles. The monoisotopic (exact) mass is 588 g/mol. The van der Waals surface area contributed by atoms with Crippen LogP contribution in [-0.2, 0) is 21.4 Å². The normalized spacial score (nSPS) is 15.5. The Balaban J connectivity index is 1.40. The number of benzene rings is 2. The third-order valence-electron chi connectivity index (χ3n) is 7.25. The zero-order valence-electron chi connectivity index (χ0n) is 23.4. The minimum absolute atomic E-state index is 0.0166. The van der Waals surface area contributed by atoms with Gasteiger partial charge in [-0.1, -0.05) is 43.0 Å². The van der Waals surface area contributed by atoms with E-state index in [1.165, 1.54) is 29.4 Å². The van der Waals surface area contributed by atoms with Gasteiger partial charge in [-0.3, -0.25) is 9.59 Å². The summed E-state index contributed by atoms with van der Waals surface area (Å²) in [6.45, 7) is 4.76. The molecule has 0 saturated carbocycles. The van der Waals surface area contributed by atoms with Crippen molar-refractivity contribution in [2.24, 2.45) is 0 Å². The molecule has 3 N–H and O–H groups in total. The molecule has 13 heteroatoms. The van der Waals surface area contributed by atoms with Gasteiger partial charge in [-0.05, 0) is 36.6 Å². The Morgan fingerprint density at radius 1 is 1.14 bits per heavy atom. The van der Waals surface area contributed by atoms with Gasteiger partial charge in [0.05, 0.1) is 21.9 Å². The van der Waals surface area contributed by atoms with Crippen LogP contribution in [-0.4, -0.2) is 77.0 Å². The summed E-state index contributed by atoms with van der Waals surface area (Å²) in [5.41, 5.74) is 9.02. The van der Waals surface area contributed by atoms with Gasteiger partial charge in [-0.15, -0.1) is 0 Å². The van der Waals surface area contributed by atoms with Crippen molar-refractivity contribution < 1.29 is 18.0 Å². The number of hydrogen-bond donors (Lipinski definition) is 2. The summed E-state index contributed by atoms with van der Waals surface area (Å²) in [7, 11) is -0.827. The lowest BCUT2D eigenvalue weighted by Crippen LogP contribution is -2.40. The van der Waals surface area contributed by atoms with Crippen molar-refractivity contribution in [2.45, 2.75) is 30.3 Å². The number of hydrogen-bond acceptors (Lipinski definition) is 8. The average molecular weight is 589 g/mol. The Morgan fingerprint density at radius 3 is 2.60 bits per heavy atom. The highest BCUT2D eigenvalue weighted by molar-refractivity contribution is 7.89. The number of rotatable bonds is 8. The van der Waals surface area contributed by atoms with E-state index in [0.717, 1.165) is 18.4 Å². The van der Waals surface area contributed by atoms with Crippen LogP contribution < -0.4 is 10.5 Å². The molecule has 1 unspecified atom stereocenters. The maximum Gasteiger partial charge on any atom is 0.254 e. The molecule has 218 valence electrons. The average Bonchev–Trinajstić information content (AvgIpc) is 3.40. The number of amides is 2. The van der Waals surface area contributed by atoms with E-state index in [0.29, 0.717) is 41.2 Å². The van der Waals surface area contributed by atoms with Crippen LogP contribution in [0.3, 0.4) is 0 Å². The molecule has 2 amide bonds. The highest BCUT2D eigenvalue weighted by Crippen LogP contribution is 2.34. The van der Waals surface area contributed by atoms with Crippen LogP contribution in [0.4, 0.5) is 5.82 Å². The van der Waals surface area contributed by atoms with Crippen LogP contribution in [0.2, 0.25) is 0 Å². The van der Waals surface area contributed by atoms with Gasteiger partial charge in [0.25, 0.3) is 5.91 Å². The molecule has 0 radical (unpaired) electrons. The van der Waals surface area contributed by atoms with Gasteiger partial charge < -0.3 is 15.5 Å². The SMILES string of the molecule is C=CC(=O)N1CCCC(n2nc(-c3ccc(CNS(=O)(=O)c4ccccc4C(=O)N(C)C)cc3)c3c(N)ncnc32)C1. The quantitative estimate of drug-likeness (QED) is 0.298. The molecular weight excluding hydrogens is 556 g/mol. The molecule has 42 heavy (non-hydrogen) atoms. The van der Waals surface area contributed by atoms with Gasteiger partial charge in [0.1, 0.15) is 17.8 Å². The fraction of sp³-hybridized carbons (Fsp3) is 0.276. The molecule has 1 aliphatic rings. The molecule has 0 aliphatic carbocycles. The molecule has 12 nitrogen and oxygen atoms in total. The molecule has 1 fully saturated rings. The Bertz CT molecular complexity index is 1770. The molecule has 1 aliphatic heterocycles. The highest BCUT2D eigenvalue weighted by atomic mass is 32.2. The van der Waals surface area contributed by atoms with E-state index in [1.807, 2.05) is 16.8 Å². The summed E-state index contributed by atoms with van der Waals surface area (Å²) in [6.07, 6.45) is 4.36. The number of anilines is 1. The second-order valence-corrected chi connectivity index (χ2v) is 12.0. The second-order valence-electron chi connectivity index (χ2n) is 10.3. The van der Waals surface area contributed by atoms with E-state index in [-0.39, 0.29) is 29.0 Å². The van der Waals surface area contributed by atoms with Crippen molar-refractivity contribution in [1.82, 2.24) is 34.3 Å². The topological polar surface area (TPSA) is 156 Å². The van der Waals surface area contributed by atoms with Crippen LogP contribution in [0, 0.1) is 0 Å². The molecule has 2 aromatic heterocycles. The van der Waals surface area contributed by atoms with Crippen molar-refractivity contribution in [2.75, 3.05) is 32.9 Å². The molecule has 0 bridgehead atoms. The number of fused-ring (bicyclic) bond motifs is 1. The molecular formula is C29H32N8O4S. The zero-order chi connectivity index (χ0) is 30.0. The lowest BCUT2D eigenvalue weighted by Gasteiger charge is -2.32. The summed E-state index contributed by atoms with van der Waals surface area (Å²) < 4.78 is 30.6. The van der Waals surface area contributed by atoms with Crippen molar-refractivity contribution in [3.63, 3.8) is 0 Å². The van der Waals surface area contributed by atoms with Gasteiger partial charge in [0.15, 0.2) is 5.65 Å².